The van der Waals surface area contributed by atoms with E-state index in [0.717, 1.165) is 0 Å². The number of aryl methyl sites for hydroxylation is 2. The maximum Gasteiger partial charge on any atom is 0.122 e. The lowest BCUT2D eigenvalue weighted by Gasteiger charge is -1.93. The molecule has 0 unspecified atom stereocenters. The maximum absolute atomic E-state index is 7.59. The van der Waals surface area contributed by atoms with E-state index < -0.39 is 0 Å². The molecule has 1 aromatic rings. The molecule has 1 rings (SSSR count). The van der Waals surface area contributed by atoms with Crippen molar-refractivity contribution in [1.29, 1.82) is 10.5 Å². The van der Waals surface area contributed by atoms with Crippen LogP contribution in [-0.2, 0) is 0 Å². The van der Waals surface area contributed by atoms with E-state index in [1.165, 1.54) is 11.1 Å². The predicted molar refractivity (Wildman–Crippen MR) is 51.8 cm³/mol. The SMILES string of the molecule is Cc1ccccc1C.N#CCC#N. The minimum Gasteiger partial charge on any atom is -0.197 e. The Balaban J connectivity index is 0.000000252. The highest BCUT2D eigenvalue weighted by Crippen LogP contribution is 2.02. The Morgan fingerprint density at radius 1 is 1.00 bits per heavy atom. The molecule has 0 saturated heterocycles. The molecule has 0 fully saturated rings. The minimum absolute atomic E-state index is 0. The number of nitriles is 2. The highest BCUT2D eigenvalue weighted by Gasteiger charge is 1.83. The van der Waals surface area contributed by atoms with E-state index in [-0.39, 0.29) is 6.42 Å². The quantitative estimate of drug-likeness (QED) is 0.604. The summed E-state index contributed by atoms with van der Waals surface area (Å²) in [6.07, 6.45) is 0. The van der Waals surface area contributed by atoms with Gasteiger partial charge in [-0.2, -0.15) is 10.5 Å². The van der Waals surface area contributed by atoms with Crippen LogP contribution in [0.1, 0.15) is 17.5 Å². The second kappa shape index (κ2) is 6.88. The van der Waals surface area contributed by atoms with Gasteiger partial charge in [-0.15, -0.1) is 0 Å². The van der Waals surface area contributed by atoms with E-state index in [2.05, 4.69) is 38.1 Å². The first-order chi connectivity index (χ1) is 6.22. The Morgan fingerprint density at radius 2 is 1.38 bits per heavy atom. The van der Waals surface area contributed by atoms with Gasteiger partial charge in [0.2, 0.25) is 0 Å². The van der Waals surface area contributed by atoms with Gasteiger partial charge in [-0.3, -0.25) is 0 Å². The Hall–Kier alpha value is -1.80. The Morgan fingerprint density at radius 3 is 1.54 bits per heavy atom. The molecule has 0 spiro atoms. The van der Waals surface area contributed by atoms with Gasteiger partial charge in [0.05, 0.1) is 12.1 Å². The van der Waals surface area contributed by atoms with Crippen LogP contribution in [0.5, 0.6) is 0 Å². The molecule has 2 heteroatoms. The summed E-state index contributed by atoms with van der Waals surface area (Å²) in [5.41, 5.74) is 2.74. The molecule has 0 saturated carbocycles. The van der Waals surface area contributed by atoms with Crippen LogP contribution in [0.25, 0.3) is 0 Å². The summed E-state index contributed by atoms with van der Waals surface area (Å²) in [4.78, 5) is 0. The second-order valence-corrected chi connectivity index (χ2v) is 2.58. The summed E-state index contributed by atoms with van der Waals surface area (Å²) in [5, 5.41) is 15.2. The van der Waals surface area contributed by atoms with E-state index in [1.807, 2.05) is 0 Å². The first kappa shape index (κ1) is 11.2. The van der Waals surface area contributed by atoms with Crippen molar-refractivity contribution in [3.8, 4) is 12.1 Å². The lowest BCUT2D eigenvalue weighted by molar-refractivity contribution is 1.33. The first-order valence-corrected chi connectivity index (χ1v) is 3.98. The summed E-state index contributed by atoms with van der Waals surface area (Å²) in [6, 6.07) is 11.7. The maximum atomic E-state index is 7.59. The number of hydrogen-bond donors (Lipinski definition) is 0. The van der Waals surface area contributed by atoms with Gasteiger partial charge in [0.25, 0.3) is 0 Å². The van der Waals surface area contributed by atoms with Crippen LogP contribution in [0, 0.1) is 36.5 Å². The standard InChI is InChI=1S/C8H10.C3H2N2/c1-7-5-3-4-6-8(7)2;4-2-1-3-5/h3-6H,1-2H3;1H2. The molecule has 2 nitrogen and oxygen atoms in total. The second-order valence-electron chi connectivity index (χ2n) is 2.58. The van der Waals surface area contributed by atoms with Crippen molar-refractivity contribution >= 4 is 0 Å². The zero-order valence-corrected chi connectivity index (χ0v) is 7.91. The van der Waals surface area contributed by atoms with E-state index in [0.29, 0.717) is 0 Å². The summed E-state index contributed by atoms with van der Waals surface area (Å²) in [6.45, 7) is 4.24. The Bertz CT molecular complexity index is 296. The third-order valence-corrected chi connectivity index (χ3v) is 1.58. The monoisotopic (exact) mass is 172 g/mol. The van der Waals surface area contributed by atoms with Crippen LogP contribution in [0.3, 0.4) is 0 Å². The van der Waals surface area contributed by atoms with Gasteiger partial charge in [-0.25, -0.2) is 0 Å². The molecule has 0 heterocycles. The molecular formula is C11H12N2. The predicted octanol–water partition coefficient (Wildman–Crippen LogP) is 2.73. The fourth-order valence-corrected chi connectivity index (χ4v) is 0.698. The molecular weight excluding hydrogens is 160 g/mol. The van der Waals surface area contributed by atoms with Gasteiger partial charge in [-0.05, 0) is 25.0 Å². The summed E-state index contributed by atoms with van der Waals surface area (Å²) in [5.74, 6) is 0. The largest absolute Gasteiger partial charge is 0.197 e. The molecule has 1 aromatic carbocycles. The normalized spacial score (nSPS) is 7.38. The van der Waals surface area contributed by atoms with Crippen LogP contribution in [0.15, 0.2) is 24.3 Å². The third kappa shape index (κ3) is 5.47. The lowest BCUT2D eigenvalue weighted by Crippen LogP contribution is -1.74. The average Bonchev–Trinajstić information content (AvgIpc) is 2.13. The molecule has 13 heavy (non-hydrogen) atoms. The van der Waals surface area contributed by atoms with Gasteiger partial charge >= 0.3 is 0 Å². The van der Waals surface area contributed by atoms with E-state index >= 15 is 0 Å². The molecule has 0 aliphatic rings. The van der Waals surface area contributed by atoms with Crippen molar-refractivity contribution in [2.75, 3.05) is 0 Å². The molecule has 0 bridgehead atoms. The van der Waals surface area contributed by atoms with E-state index in [1.54, 1.807) is 12.1 Å². The highest BCUT2D eigenvalue weighted by molar-refractivity contribution is 5.23. The van der Waals surface area contributed by atoms with Crippen molar-refractivity contribution in [2.24, 2.45) is 0 Å². The number of benzene rings is 1. The average molecular weight is 172 g/mol. The highest BCUT2D eigenvalue weighted by atomic mass is 14.3. The molecule has 0 amide bonds. The smallest absolute Gasteiger partial charge is 0.122 e. The molecule has 0 atom stereocenters. The number of rotatable bonds is 0. The molecule has 0 aliphatic heterocycles. The molecule has 0 radical (unpaired) electrons. The topological polar surface area (TPSA) is 47.6 Å². The van der Waals surface area contributed by atoms with Gasteiger partial charge in [-0.1, -0.05) is 24.3 Å². The third-order valence-electron chi connectivity index (χ3n) is 1.58. The van der Waals surface area contributed by atoms with Crippen molar-refractivity contribution < 1.29 is 0 Å². The number of nitrogens with zero attached hydrogens (tertiary/aromatic N) is 2. The van der Waals surface area contributed by atoms with Crippen LogP contribution in [0.2, 0.25) is 0 Å². The lowest BCUT2D eigenvalue weighted by atomic mass is 10.1. The fourth-order valence-electron chi connectivity index (χ4n) is 0.698. The Labute approximate surface area is 79.0 Å². The zero-order chi connectivity index (χ0) is 10.1. The van der Waals surface area contributed by atoms with E-state index in [9.17, 15) is 0 Å². The van der Waals surface area contributed by atoms with Gasteiger partial charge in [0, 0.05) is 0 Å². The Kier molecular flexibility index (Phi) is 5.93. The van der Waals surface area contributed by atoms with Crippen LogP contribution in [-0.4, -0.2) is 0 Å². The molecule has 0 N–H and O–H groups in total. The first-order valence-electron chi connectivity index (χ1n) is 3.98. The summed E-state index contributed by atoms with van der Waals surface area (Å²) >= 11 is 0. The molecule has 0 aliphatic carbocycles. The molecule has 0 aromatic heterocycles. The van der Waals surface area contributed by atoms with Crippen molar-refractivity contribution in [3.05, 3.63) is 35.4 Å². The van der Waals surface area contributed by atoms with Crippen LogP contribution < -0.4 is 0 Å². The van der Waals surface area contributed by atoms with Gasteiger partial charge in [0.1, 0.15) is 6.42 Å². The minimum atomic E-state index is 0. The van der Waals surface area contributed by atoms with E-state index in [4.69, 9.17) is 10.5 Å². The van der Waals surface area contributed by atoms with Crippen molar-refractivity contribution in [1.82, 2.24) is 0 Å². The molecule has 66 valence electrons. The van der Waals surface area contributed by atoms with Gasteiger partial charge < -0.3 is 0 Å². The summed E-state index contributed by atoms with van der Waals surface area (Å²) in [7, 11) is 0. The zero-order valence-electron chi connectivity index (χ0n) is 7.91. The van der Waals surface area contributed by atoms with Crippen molar-refractivity contribution in [3.63, 3.8) is 0 Å². The summed E-state index contributed by atoms with van der Waals surface area (Å²) < 4.78 is 0. The van der Waals surface area contributed by atoms with Crippen LogP contribution >= 0.6 is 0 Å². The fraction of sp³-hybridized carbons (Fsp3) is 0.273. The van der Waals surface area contributed by atoms with Gasteiger partial charge in [0.15, 0.2) is 0 Å². The van der Waals surface area contributed by atoms with Crippen molar-refractivity contribution in [2.45, 2.75) is 20.3 Å². The number of hydrogen-bond acceptors (Lipinski definition) is 2. The van der Waals surface area contributed by atoms with Crippen LogP contribution in [0.4, 0.5) is 0 Å².